The highest BCUT2D eigenvalue weighted by molar-refractivity contribution is 7.20. The van der Waals surface area contributed by atoms with Crippen molar-refractivity contribution < 1.29 is 9.15 Å². The van der Waals surface area contributed by atoms with E-state index in [4.69, 9.17) is 9.15 Å². The number of pyridine rings is 1. The number of ether oxygens (including phenoxy) is 1. The van der Waals surface area contributed by atoms with Crippen LogP contribution in [0.15, 0.2) is 47.2 Å². The van der Waals surface area contributed by atoms with Crippen LogP contribution in [0.4, 0.5) is 0 Å². The fraction of sp³-hybridized carbons (Fsp3) is 0.222. The smallest absolute Gasteiger partial charge is 0.281 e. The third-order valence-electron chi connectivity index (χ3n) is 4.14. The molecule has 0 bridgehead atoms. The van der Waals surface area contributed by atoms with Gasteiger partial charge in [-0.25, -0.2) is 4.98 Å². The van der Waals surface area contributed by atoms with Gasteiger partial charge in [0.25, 0.3) is 5.19 Å². The molecule has 0 unspecified atom stereocenters. The van der Waals surface area contributed by atoms with Gasteiger partial charge < -0.3 is 14.5 Å². The van der Waals surface area contributed by atoms with Gasteiger partial charge in [0.05, 0.1) is 11.0 Å². The van der Waals surface area contributed by atoms with E-state index in [1.807, 2.05) is 36.6 Å². The molecule has 0 spiro atoms. The molecule has 0 atom stereocenters. The molecule has 0 radical (unpaired) electrons. The Balaban J connectivity index is 1.40. The van der Waals surface area contributed by atoms with Crippen molar-refractivity contribution >= 4 is 32.7 Å². The molecule has 1 aliphatic rings. The van der Waals surface area contributed by atoms with E-state index in [9.17, 15) is 0 Å². The van der Waals surface area contributed by atoms with Gasteiger partial charge in [-0.1, -0.05) is 11.3 Å². The molecule has 0 amide bonds. The van der Waals surface area contributed by atoms with Crippen molar-refractivity contribution in [1.29, 1.82) is 0 Å². The van der Waals surface area contributed by atoms with Crippen molar-refractivity contribution in [2.45, 2.75) is 25.4 Å². The number of hydrogen-bond acceptors (Lipinski definition) is 6. The van der Waals surface area contributed by atoms with E-state index in [-0.39, 0.29) is 0 Å². The molecule has 0 saturated heterocycles. The van der Waals surface area contributed by atoms with Gasteiger partial charge in [0.2, 0.25) is 0 Å². The van der Waals surface area contributed by atoms with Crippen molar-refractivity contribution in [2.75, 3.05) is 0 Å². The predicted octanol–water partition coefficient (Wildman–Crippen LogP) is 4.48. The Hall–Kier alpha value is -2.44. The second kappa shape index (κ2) is 5.58. The molecule has 5 rings (SSSR count). The van der Waals surface area contributed by atoms with Crippen LogP contribution in [0, 0.1) is 0 Å². The number of benzene rings is 1. The Kier molecular flexibility index (Phi) is 3.24. The summed E-state index contributed by atoms with van der Waals surface area (Å²) in [5.74, 6) is 0.720. The van der Waals surface area contributed by atoms with Crippen molar-refractivity contribution in [3.05, 3.63) is 48.4 Å². The summed E-state index contributed by atoms with van der Waals surface area (Å²) in [7, 11) is 0. The molecule has 1 fully saturated rings. The maximum Gasteiger partial charge on any atom is 0.281 e. The Morgan fingerprint density at radius 2 is 2.25 bits per heavy atom. The molecular formula is C18H15N3O2S. The number of fused-ring (bicyclic) bond motifs is 2. The Morgan fingerprint density at radius 3 is 3.12 bits per heavy atom. The first-order valence-electron chi connectivity index (χ1n) is 7.98. The zero-order chi connectivity index (χ0) is 15.9. The lowest BCUT2D eigenvalue weighted by Gasteiger charge is -2.02. The number of furan rings is 1. The third kappa shape index (κ3) is 2.64. The Bertz CT molecular complexity index is 986. The van der Waals surface area contributed by atoms with E-state index >= 15 is 0 Å². The van der Waals surface area contributed by atoms with Crippen LogP contribution in [0.5, 0.6) is 10.9 Å². The van der Waals surface area contributed by atoms with Crippen LogP contribution in [0.3, 0.4) is 0 Å². The zero-order valence-electron chi connectivity index (χ0n) is 12.9. The molecule has 4 aromatic rings. The van der Waals surface area contributed by atoms with Crippen LogP contribution in [0.2, 0.25) is 0 Å². The van der Waals surface area contributed by atoms with Gasteiger partial charge in [-0.15, -0.1) is 0 Å². The summed E-state index contributed by atoms with van der Waals surface area (Å²) >= 11 is 1.48. The number of rotatable bonds is 5. The van der Waals surface area contributed by atoms with Gasteiger partial charge in [-0.05, 0) is 37.1 Å². The first kappa shape index (κ1) is 13.9. The highest BCUT2D eigenvalue weighted by Gasteiger charge is 2.20. The molecule has 24 heavy (non-hydrogen) atoms. The van der Waals surface area contributed by atoms with Crippen LogP contribution in [0.1, 0.15) is 18.4 Å². The molecule has 3 aromatic heterocycles. The molecule has 3 heterocycles. The van der Waals surface area contributed by atoms with E-state index in [2.05, 4.69) is 15.3 Å². The topological polar surface area (TPSA) is 60.2 Å². The van der Waals surface area contributed by atoms with Crippen LogP contribution in [0.25, 0.3) is 21.3 Å². The summed E-state index contributed by atoms with van der Waals surface area (Å²) < 4.78 is 12.6. The first-order valence-corrected chi connectivity index (χ1v) is 8.80. The van der Waals surface area contributed by atoms with Crippen molar-refractivity contribution in [2.24, 2.45) is 0 Å². The average Bonchev–Trinajstić information content (AvgIpc) is 3.20. The van der Waals surface area contributed by atoms with E-state index in [1.165, 1.54) is 29.7 Å². The molecule has 1 saturated carbocycles. The van der Waals surface area contributed by atoms with Gasteiger partial charge in [0, 0.05) is 35.8 Å². The molecule has 5 nitrogen and oxygen atoms in total. The quantitative estimate of drug-likeness (QED) is 0.582. The normalized spacial score (nSPS) is 14.5. The van der Waals surface area contributed by atoms with Crippen molar-refractivity contribution in [3.8, 4) is 10.9 Å². The summed E-state index contributed by atoms with van der Waals surface area (Å²) in [6.45, 7) is 0.849. The van der Waals surface area contributed by atoms with Gasteiger partial charge in [0.15, 0.2) is 5.65 Å². The third-order valence-corrected chi connectivity index (χ3v) is 5.02. The zero-order valence-corrected chi connectivity index (χ0v) is 13.7. The predicted molar refractivity (Wildman–Crippen MR) is 93.6 cm³/mol. The highest BCUT2D eigenvalue weighted by Crippen LogP contribution is 2.33. The molecule has 1 aliphatic carbocycles. The molecule has 120 valence electrons. The SMILES string of the molecule is c1cnc2nc(Oc3ccc4c(CNC5CC5)coc4c3)sc2c1. The fourth-order valence-corrected chi connectivity index (χ4v) is 3.49. The van der Waals surface area contributed by atoms with E-state index < -0.39 is 0 Å². The summed E-state index contributed by atoms with van der Waals surface area (Å²) in [5.41, 5.74) is 2.73. The number of nitrogens with one attached hydrogen (secondary N) is 1. The van der Waals surface area contributed by atoms with Gasteiger partial charge in [0.1, 0.15) is 11.3 Å². The van der Waals surface area contributed by atoms with Crippen LogP contribution in [-0.2, 0) is 6.54 Å². The Labute approximate surface area is 142 Å². The summed E-state index contributed by atoms with van der Waals surface area (Å²) in [6.07, 6.45) is 6.12. The minimum atomic E-state index is 0.588. The maximum atomic E-state index is 5.88. The molecule has 0 aliphatic heterocycles. The lowest BCUT2D eigenvalue weighted by Crippen LogP contribution is -2.14. The number of hydrogen-bond donors (Lipinski definition) is 1. The summed E-state index contributed by atoms with van der Waals surface area (Å²) in [5, 5.41) is 5.23. The highest BCUT2D eigenvalue weighted by atomic mass is 32.1. The van der Waals surface area contributed by atoms with Gasteiger partial charge >= 0.3 is 0 Å². The largest absolute Gasteiger partial charge is 0.464 e. The lowest BCUT2D eigenvalue weighted by atomic mass is 10.1. The van der Waals surface area contributed by atoms with E-state index in [1.54, 1.807) is 6.20 Å². The second-order valence-corrected chi connectivity index (χ2v) is 6.97. The van der Waals surface area contributed by atoms with Crippen molar-refractivity contribution in [1.82, 2.24) is 15.3 Å². The Morgan fingerprint density at radius 1 is 1.29 bits per heavy atom. The van der Waals surface area contributed by atoms with Crippen LogP contribution in [-0.4, -0.2) is 16.0 Å². The summed E-state index contributed by atoms with van der Waals surface area (Å²) in [6, 6.07) is 10.5. The fourth-order valence-electron chi connectivity index (χ4n) is 2.70. The van der Waals surface area contributed by atoms with E-state index in [0.717, 1.165) is 28.0 Å². The second-order valence-electron chi connectivity index (χ2n) is 5.98. The van der Waals surface area contributed by atoms with Crippen LogP contribution >= 0.6 is 11.3 Å². The van der Waals surface area contributed by atoms with Crippen LogP contribution < -0.4 is 10.1 Å². The monoisotopic (exact) mass is 337 g/mol. The van der Waals surface area contributed by atoms with Gasteiger partial charge in [-0.3, -0.25) is 0 Å². The summed E-state index contributed by atoms with van der Waals surface area (Å²) in [4.78, 5) is 8.62. The lowest BCUT2D eigenvalue weighted by molar-refractivity contribution is 0.479. The maximum absolute atomic E-state index is 5.88. The first-order chi connectivity index (χ1) is 11.8. The minimum absolute atomic E-state index is 0.588. The standard InChI is InChI=1S/C18H15N3O2S/c1-2-16-17(19-7-1)21-18(24-16)23-13-5-6-14-11(9-20-12-3-4-12)10-22-15(14)8-13/h1-2,5-8,10,12,20H,3-4,9H2. The number of thiazole rings is 1. The molecule has 1 N–H and O–H groups in total. The molecule has 6 heteroatoms. The minimum Gasteiger partial charge on any atom is -0.464 e. The molecule has 1 aromatic carbocycles. The number of aromatic nitrogens is 2. The van der Waals surface area contributed by atoms with E-state index in [0.29, 0.717) is 16.9 Å². The average molecular weight is 337 g/mol. The number of nitrogens with zero attached hydrogens (tertiary/aromatic N) is 2. The molecular weight excluding hydrogens is 322 g/mol. The van der Waals surface area contributed by atoms with Gasteiger partial charge in [-0.2, -0.15) is 4.98 Å². The van der Waals surface area contributed by atoms with Crippen molar-refractivity contribution in [3.63, 3.8) is 0 Å².